The molecule has 0 spiro atoms. The Morgan fingerprint density at radius 1 is 1.30 bits per heavy atom. The van der Waals surface area contributed by atoms with Crippen LogP contribution in [0.25, 0.3) is 0 Å². The summed E-state index contributed by atoms with van der Waals surface area (Å²) in [5.41, 5.74) is 0. The smallest absolute Gasteiger partial charge is 0.222 e. The van der Waals surface area contributed by atoms with Gasteiger partial charge in [-0.15, -0.1) is 11.8 Å². The van der Waals surface area contributed by atoms with Crippen LogP contribution in [-0.2, 0) is 4.79 Å². The Bertz CT molecular complexity index is 405. The van der Waals surface area contributed by atoms with Gasteiger partial charge in [-0.3, -0.25) is 4.79 Å². The van der Waals surface area contributed by atoms with E-state index in [1.54, 1.807) is 0 Å². The molecule has 20 heavy (non-hydrogen) atoms. The van der Waals surface area contributed by atoms with Crippen LogP contribution in [0.1, 0.15) is 45.4 Å². The van der Waals surface area contributed by atoms with Crippen LogP contribution in [0.4, 0.5) is 0 Å². The number of thioether (sulfide) groups is 1. The van der Waals surface area contributed by atoms with E-state index in [-0.39, 0.29) is 0 Å². The number of hydrogen-bond acceptors (Lipinski definition) is 2. The number of nitrogens with zero attached hydrogens (tertiary/aromatic N) is 1. The van der Waals surface area contributed by atoms with Crippen molar-refractivity contribution in [1.29, 1.82) is 0 Å². The maximum atomic E-state index is 12.1. The van der Waals surface area contributed by atoms with Gasteiger partial charge in [-0.2, -0.15) is 0 Å². The highest BCUT2D eigenvalue weighted by atomic mass is 32.2. The third-order valence-corrected chi connectivity index (χ3v) is 4.96. The summed E-state index contributed by atoms with van der Waals surface area (Å²) in [6.07, 6.45) is 6.46. The molecule has 1 amide bonds. The van der Waals surface area contributed by atoms with E-state index in [1.807, 2.05) is 17.8 Å². The molecule has 1 aliphatic heterocycles. The van der Waals surface area contributed by atoms with Crippen LogP contribution in [-0.4, -0.2) is 29.1 Å². The van der Waals surface area contributed by atoms with Gasteiger partial charge in [0.2, 0.25) is 5.91 Å². The molecular formula is C17H25NOS. The van der Waals surface area contributed by atoms with Crippen molar-refractivity contribution in [2.24, 2.45) is 0 Å². The van der Waals surface area contributed by atoms with Crippen molar-refractivity contribution in [3.8, 4) is 0 Å². The Morgan fingerprint density at radius 3 is 2.85 bits per heavy atom. The van der Waals surface area contributed by atoms with Crippen LogP contribution < -0.4 is 0 Å². The molecule has 110 valence electrons. The average molecular weight is 291 g/mol. The number of carbonyl (C=O) groups is 1. The van der Waals surface area contributed by atoms with Crippen molar-refractivity contribution in [3.05, 3.63) is 30.3 Å². The highest BCUT2D eigenvalue weighted by Gasteiger charge is 2.26. The van der Waals surface area contributed by atoms with Gasteiger partial charge in [-0.1, -0.05) is 31.5 Å². The first-order valence-corrected chi connectivity index (χ1v) is 8.77. The maximum Gasteiger partial charge on any atom is 0.222 e. The number of amides is 1. The molecule has 1 fully saturated rings. The molecule has 0 bridgehead atoms. The number of rotatable bonds is 7. The molecule has 1 aromatic rings. The predicted molar refractivity (Wildman–Crippen MR) is 86.0 cm³/mol. The highest BCUT2D eigenvalue weighted by Crippen LogP contribution is 2.23. The number of carbonyl (C=O) groups excluding carboxylic acids is 1. The van der Waals surface area contributed by atoms with Crippen molar-refractivity contribution in [3.63, 3.8) is 0 Å². The first kappa shape index (κ1) is 15.4. The van der Waals surface area contributed by atoms with Crippen LogP contribution in [0.2, 0.25) is 0 Å². The van der Waals surface area contributed by atoms with Crippen LogP contribution in [0, 0.1) is 0 Å². The molecule has 1 aromatic carbocycles. The summed E-state index contributed by atoms with van der Waals surface area (Å²) in [4.78, 5) is 15.5. The molecule has 2 rings (SSSR count). The minimum absolute atomic E-state index is 0.374. The highest BCUT2D eigenvalue weighted by molar-refractivity contribution is 7.99. The molecule has 3 heteroatoms. The van der Waals surface area contributed by atoms with Gasteiger partial charge in [0.05, 0.1) is 0 Å². The number of hydrogen-bond donors (Lipinski definition) is 0. The maximum absolute atomic E-state index is 12.1. The number of benzene rings is 1. The fraction of sp³-hybridized carbons (Fsp3) is 0.588. The lowest BCUT2D eigenvalue weighted by molar-refractivity contribution is -0.136. The van der Waals surface area contributed by atoms with Gasteiger partial charge in [-0.25, -0.2) is 0 Å². The molecule has 1 heterocycles. The molecule has 1 atom stereocenters. The lowest BCUT2D eigenvalue weighted by atomic mass is 9.97. The molecule has 0 N–H and O–H groups in total. The molecule has 1 saturated heterocycles. The predicted octanol–water partition coefficient (Wildman–Crippen LogP) is 4.35. The van der Waals surface area contributed by atoms with Crippen molar-refractivity contribution in [2.45, 2.75) is 56.4 Å². The van der Waals surface area contributed by atoms with Gasteiger partial charge in [0.25, 0.3) is 0 Å². The Balaban J connectivity index is 1.74. The summed E-state index contributed by atoms with van der Waals surface area (Å²) in [7, 11) is 0. The Kier molecular flexibility index (Phi) is 6.44. The van der Waals surface area contributed by atoms with E-state index in [9.17, 15) is 4.79 Å². The van der Waals surface area contributed by atoms with Crippen molar-refractivity contribution >= 4 is 17.7 Å². The van der Waals surface area contributed by atoms with E-state index < -0.39 is 0 Å². The van der Waals surface area contributed by atoms with E-state index >= 15 is 0 Å². The van der Waals surface area contributed by atoms with E-state index in [0.717, 1.165) is 38.0 Å². The average Bonchev–Trinajstić information content (AvgIpc) is 2.47. The topological polar surface area (TPSA) is 20.3 Å². The summed E-state index contributed by atoms with van der Waals surface area (Å²) in [6, 6.07) is 11.0. The first-order chi connectivity index (χ1) is 9.81. The molecule has 1 aliphatic rings. The second-order valence-corrected chi connectivity index (χ2v) is 6.61. The molecule has 2 nitrogen and oxygen atoms in total. The molecule has 0 saturated carbocycles. The zero-order chi connectivity index (χ0) is 14.2. The largest absolute Gasteiger partial charge is 0.340 e. The minimum atomic E-state index is 0.374. The molecule has 1 unspecified atom stereocenters. The van der Waals surface area contributed by atoms with E-state index in [1.165, 1.54) is 17.7 Å². The van der Waals surface area contributed by atoms with Gasteiger partial charge in [0.1, 0.15) is 0 Å². The second kappa shape index (κ2) is 8.35. The molecule has 0 aliphatic carbocycles. The van der Waals surface area contributed by atoms with Gasteiger partial charge in [0, 0.05) is 23.9 Å². The Hall–Kier alpha value is -0.960. The third kappa shape index (κ3) is 4.55. The van der Waals surface area contributed by atoms with Crippen LogP contribution in [0.3, 0.4) is 0 Å². The monoisotopic (exact) mass is 291 g/mol. The summed E-state index contributed by atoms with van der Waals surface area (Å²) < 4.78 is 0. The summed E-state index contributed by atoms with van der Waals surface area (Å²) in [5.74, 6) is 1.46. The lowest BCUT2D eigenvalue weighted by Gasteiger charge is -2.35. The minimum Gasteiger partial charge on any atom is -0.340 e. The standard InChI is InChI=1S/C17H25NOS/c1-2-8-15-9-6-12-17(19)18(15)13-7-14-20-16-10-4-3-5-11-16/h3-5,10-11,15H,2,6-9,12-14H2,1H3. The normalized spacial score (nSPS) is 19.4. The quantitative estimate of drug-likeness (QED) is 0.550. The molecular weight excluding hydrogens is 266 g/mol. The zero-order valence-electron chi connectivity index (χ0n) is 12.4. The van der Waals surface area contributed by atoms with Crippen molar-refractivity contribution in [2.75, 3.05) is 12.3 Å². The number of piperidine rings is 1. The van der Waals surface area contributed by atoms with Crippen LogP contribution >= 0.6 is 11.8 Å². The summed E-state index contributed by atoms with van der Waals surface area (Å²) in [6.45, 7) is 3.14. The van der Waals surface area contributed by atoms with Crippen LogP contribution in [0.15, 0.2) is 35.2 Å². The second-order valence-electron chi connectivity index (χ2n) is 5.44. The molecule has 0 aromatic heterocycles. The van der Waals surface area contributed by atoms with Crippen molar-refractivity contribution in [1.82, 2.24) is 4.90 Å². The molecule has 0 radical (unpaired) electrons. The SMILES string of the molecule is CCCC1CCCC(=O)N1CCCSc1ccccc1. The van der Waals surface area contributed by atoms with Gasteiger partial charge in [-0.05, 0) is 43.6 Å². The number of likely N-dealkylation sites (tertiary alicyclic amines) is 1. The Labute approximate surface area is 126 Å². The van der Waals surface area contributed by atoms with Crippen molar-refractivity contribution < 1.29 is 4.79 Å². The first-order valence-electron chi connectivity index (χ1n) is 7.78. The van der Waals surface area contributed by atoms with Gasteiger partial charge >= 0.3 is 0 Å². The van der Waals surface area contributed by atoms with Gasteiger partial charge in [0.15, 0.2) is 0 Å². The fourth-order valence-corrected chi connectivity index (χ4v) is 3.73. The van der Waals surface area contributed by atoms with Gasteiger partial charge < -0.3 is 4.90 Å². The summed E-state index contributed by atoms with van der Waals surface area (Å²) >= 11 is 1.89. The zero-order valence-corrected chi connectivity index (χ0v) is 13.2. The van der Waals surface area contributed by atoms with E-state index in [4.69, 9.17) is 0 Å². The fourth-order valence-electron chi connectivity index (χ4n) is 2.87. The van der Waals surface area contributed by atoms with E-state index in [2.05, 4.69) is 36.1 Å². The van der Waals surface area contributed by atoms with Crippen LogP contribution in [0.5, 0.6) is 0 Å². The summed E-state index contributed by atoms with van der Waals surface area (Å²) in [5, 5.41) is 0. The third-order valence-electron chi connectivity index (χ3n) is 3.87. The van der Waals surface area contributed by atoms with E-state index in [0.29, 0.717) is 11.9 Å². The lowest BCUT2D eigenvalue weighted by Crippen LogP contribution is -2.44. The Morgan fingerprint density at radius 2 is 2.10 bits per heavy atom.